The van der Waals surface area contributed by atoms with Gasteiger partial charge in [-0.05, 0) is 31.2 Å². The van der Waals surface area contributed by atoms with E-state index in [0.717, 1.165) is 5.56 Å². The monoisotopic (exact) mass is 391 g/mol. The number of carbonyl (C=O) groups is 1. The predicted octanol–water partition coefficient (Wildman–Crippen LogP) is 4.43. The Morgan fingerprint density at radius 3 is 2.36 bits per heavy atom. The first-order valence-corrected chi connectivity index (χ1v) is 10.3. The molecule has 0 aliphatic carbocycles. The summed E-state index contributed by atoms with van der Waals surface area (Å²) >= 11 is 7.07. The normalized spacial score (nSPS) is 11.4. The van der Waals surface area contributed by atoms with Crippen LogP contribution in [0.25, 0.3) is 10.6 Å². The van der Waals surface area contributed by atoms with E-state index in [1.54, 1.807) is 37.3 Å². The van der Waals surface area contributed by atoms with E-state index in [-0.39, 0.29) is 4.90 Å². The fourth-order valence-electron chi connectivity index (χ4n) is 2.32. The van der Waals surface area contributed by atoms with Gasteiger partial charge in [-0.2, -0.15) is 0 Å². The summed E-state index contributed by atoms with van der Waals surface area (Å²) in [4.78, 5) is 17.4. The van der Waals surface area contributed by atoms with Gasteiger partial charge in [0, 0.05) is 10.6 Å². The zero-order valence-electron chi connectivity index (χ0n) is 13.3. The van der Waals surface area contributed by atoms with Crippen LogP contribution in [-0.4, -0.2) is 24.9 Å². The van der Waals surface area contributed by atoms with Crippen molar-refractivity contribution >= 4 is 38.6 Å². The number of ketones is 1. The molecule has 0 saturated heterocycles. The van der Waals surface area contributed by atoms with E-state index in [0.29, 0.717) is 20.6 Å². The van der Waals surface area contributed by atoms with Crippen molar-refractivity contribution in [2.75, 3.05) is 5.75 Å². The van der Waals surface area contributed by atoms with Crippen molar-refractivity contribution in [1.29, 1.82) is 0 Å². The Labute approximate surface area is 155 Å². The largest absolute Gasteiger partial charge is 0.292 e. The second-order valence-corrected chi connectivity index (χ2v) is 8.86. The van der Waals surface area contributed by atoms with Crippen molar-refractivity contribution in [3.05, 3.63) is 70.2 Å². The SMILES string of the molecule is Cc1nc(-c2ccc(Cl)cc2)sc1C(=O)CS(=O)(=O)c1ccccc1. The van der Waals surface area contributed by atoms with Crippen LogP contribution in [0.3, 0.4) is 0 Å². The molecule has 0 atom stereocenters. The molecular weight excluding hydrogens is 378 g/mol. The van der Waals surface area contributed by atoms with Crippen LogP contribution in [0, 0.1) is 6.92 Å². The average Bonchev–Trinajstić information content (AvgIpc) is 2.98. The molecule has 3 rings (SSSR count). The van der Waals surface area contributed by atoms with Gasteiger partial charge in [0.2, 0.25) is 0 Å². The zero-order chi connectivity index (χ0) is 18.0. The molecule has 0 aliphatic rings. The molecule has 0 radical (unpaired) electrons. The van der Waals surface area contributed by atoms with Crippen LogP contribution in [0.2, 0.25) is 5.02 Å². The molecule has 3 aromatic rings. The van der Waals surface area contributed by atoms with Gasteiger partial charge < -0.3 is 0 Å². The highest BCUT2D eigenvalue weighted by atomic mass is 35.5. The van der Waals surface area contributed by atoms with Gasteiger partial charge in [-0.15, -0.1) is 11.3 Å². The molecule has 25 heavy (non-hydrogen) atoms. The van der Waals surface area contributed by atoms with Crippen LogP contribution >= 0.6 is 22.9 Å². The summed E-state index contributed by atoms with van der Waals surface area (Å²) in [6, 6.07) is 15.1. The number of aromatic nitrogens is 1. The second-order valence-electron chi connectivity index (χ2n) is 5.44. The summed E-state index contributed by atoms with van der Waals surface area (Å²) in [6.45, 7) is 1.71. The minimum atomic E-state index is -3.67. The molecule has 1 heterocycles. The summed E-state index contributed by atoms with van der Waals surface area (Å²) in [5.74, 6) is -1.01. The smallest absolute Gasteiger partial charge is 0.190 e. The fraction of sp³-hybridized carbons (Fsp3) is 0.111. The lowest BCUT2D eigenvalue weighted by Gasteiger charge is -2.02. The number of benzene rings is 2. The van der Waals surface area contributed by atoms with E-state index < -0.39 is 21.4 Å². The lowest BCUT2D eigenvalue weighted by atomic mass is 10.2. The van der Waals surface area contributed by atoms with Crippen molar-refractivity contribution in [2.45, 2.75) is 11.8 Å². The van der Waals surface area contributed by atoms with E-state index in [1.165, 1.54) is 23.5 Å². The lowest BCUT2D eigenvalue weighted by Crippen LogP contribution is -2.16. The molecule has 128 valence electrons. The van der Waals surface area contributed by atoms with Gasteiger partial charge in [0.15, 0.2) is 15.6 Å². The Balaban J connectivity index is 1.87. The first kappa shape index (κ1) is 17.8. The number of rotatable bonds is 5. The van der Waals surface area contributed by atoms with E-state index in [2.05, 4.69) is 4.98 Å². The summed E-state index contributed by atoms with van der Waals surface area (Å²) in [5.41, 5.74) is 1.37. The Bertz CT molecular complexity index is 1010. The summed E-state index contributed by atoms with van der Waals surface area (Å²) in [6.07, 6.45) is 0. The molecule has 0 aliphatic heterocycles. The second kappa shape index (κ2) is 7.07. The van der Waals surface area contributed by atoms with Crippen LogP contribution < -0.4 is 0 Å². The van der Waals surface area contributed by atoms with Gasteiger partial charge in [0.1, 0.15) is 10.8 Å². The van der Waals surface area contributed by atoms with Crippen LogP contribution in [0.15, 0.2) is 59.5 Å². The topological polar surface area (TPSA) is 64.1 Å². The van der Waals surface area contributed by atoms with Gasteiger partial charge in [-0.1, -0.05) is 41.9 Å². The molecule has 0 fully saturated rings. The van der Waals surface area contributed by atoms with Crippen molar-refractivity contribution < 1.29 is 13.2 Å². The molecule has 0 unspecified atom stereocenters. The summed E-state index contributed by atoms with van der Waals surface area (Å²) in [5, 5.41) is 1.27. The number of thiazole rings is 1. The maximum atomic E-state index is 12.5. The third-order valence-electron chi connectivity index (χ3n) is 3.56. The van der Waals surface area contributed by atoms with Crippen LogP contribution in [0.5, 0.6) is 0 Å². The Morgan fingerprint density at radius 1 is 1.08 bits per heavy atom. The number of sulfone groups is 1. The molecule has 0 spiro atoms. The maximum Gasteiger partial charge on any atom is 0.190 e. The molecule has 0 N–H and O–H groups in total. The molecule has 7 heteroatoms. The van der Waals surface area contributed by atoms with Crippen LogP contribution in [0.1, 0.15) is 15.4 Å². The first-order chi connectivity index (χ1) is 11.9. The number of aryl methyl sites for hydroxylation is 1. The number of hydrogen-bond acceptors (Lipinski definition) is 5. The molecule has 1 aromatic heterocycles. The fourth-order valence-corrected chi connectivity index (χ4v) is 4.77. The Hall–Kier alpha value is -2.02. The summed E-state index contributed by atoms with van der Waals surface area (Å²) < 4.78 is 24.8. The Morgan fingerprint density at radius 2 is 1.72 bits per heavy atom. The van der Waals surface area contributed by atoms with Crippen LogP contribution in [0.4, 0.5) is 0 Å². The molecular formula is C18H14ClNO3S2. The van der Waals surface area contributed by atoms with Gasteiger partial charge in [0.25, 0.3) is 0 Å². The highest BCUT2D eigenvalue weighted by molar-refractivity contribution is 7.92. The molecule has 2 aromatic carbocycles. The molecule has 0 saturated carbocycles. The van der Waals surface area contributed by atoms with E-state index in [4.69, 9.17) is 11.6 Å². The lowest BCUT2D eigenvalue weighted by molar-refractivity contribution is 0.102. The van der Waals surface area contributed by atoms with Crippen molar-refractivity contribution in [3.8, 4) is 10.6 Å². The predicted molar refractivity (Wildman–Crippen MR) is 100 cm³/mol. The highest BCUT2D eigenvalue weighted by Gasteiger charge is 2.24. The number of carbonyl (C=O) groups excluding carboxylic acids is 1. The number of halogens is 1. The van der Waals surface area contributed by atoms with Crippen molar-refractivity contribution in [3.63, 3.8) is 0 Å². The first-order valence-electron chi connectivity index (χ1n) is 7.41. The minimum absolute atomic E-state index is 0.142. The van der Waals surface area contributed by atoms with Crippen molar-refractivity contribution in [2.24, 2.45) is 0 Å². The Kier molecular flexibility index (Phi) is 5.03. The van der Waals surface area contributed by atoms with E-state index in [9.17, 15) is 13.2 Å². The zero-order valence-corrected chi connectivity index (χ0v) is 15.7. The summed E-state index contributed by atoms with van der Waals surface area (Å²) in [7, 11) is -3.67. The van der Waals surface area contributed by atoms with Crippen LogP contribution in [-0.2, 0) is 9.84 Å². The highest BCUT2D eigenvalue weighted by Crippen LogP contribution is 2.29. The number of Topliss-reactive ketones (excluding diaryl/α,β-unsaturated/α-hetero) is 1. The molecule has 0 bridgehead atoms. The average molecular weight is 392 g/mol. The minimum Gasteiger partial charge on any atom is -0.292 e. The van der Waals surface area contributed by atoms with Crippen molar-refractivity contribution in [1.82, 2.24) is 4.98 Å². The maximum absolute atomic E-state index is 12.5. The third-order valence-corrected chi connectivity index (χ3v) is 6.70. The standard InChI is InChI=1S/C18H14ClNO3S2/c1-12-17(24-18(20-12)13-7-9-14(19)10-8-13)16(21)11-25(22,23)15-5-3-2-4-6-15/h2-10H,11H2,1H3. The van der Waals surface area contributed by atoms with E-state index >= 15 is 0 Å². The van der Waals surface area contributed by atoms with E-state index in [1.807, 2.05) is 12.1 Å². The third kappa shape index (κ3) is 3.98. The quantitative estimate of drug-likeness (QED) is 0.603. The van der Waals surface area contributed by atoms with Gasteiger partial charge in [0.05, 0.1) is 15.5 Å². The van der Waals surface area contributed by atoms with Gasteiger partial charge in [-0.3, -0.25) is 4.79 Å². The molecule has 0 amide bonds. The number of nitrogens with zero attached hydrogens (tertiary/aromatic N) is 1. The van der Waals surface area contributed by atoms with Gasteiger partial charge >= 0.3 is 0 Å². The van der Waals surface area contributed by atoms with Gasteiger partial charge in [-0.25, -0.2) is 13.4 Å². The molecule has 4 nitrogen and oxygen atoms in total. The number of hydrogen-bond donors (Lipinski definition) is 0.